The van der Waals surface area contributed by atoms with Gasteiger partial charge in [0.05, 0.1) is 11.2 Å². The molecule has 1 aliphatic rings. The third-order valence-corrected chi connectivity index (χ3v) is 5.24. The SMILES string of the molecule is CC(C)(C)NC1CCN(c2cc(-c3ccccc3)nc3ccccc23)CC1.Cl.Cl. The third kappa shape index (κ3) is 5.63. The van der Waals surface area contributed by atoms with E-state index in [0.29, 0.717) is 6.04 Å². The molecule has 0 bridgehead atoms. The summed E-state index contributed by atoms with van der Waals surface area (Å²) in [4.78, 5) is 7.46. The Bertz CT molecular complexity index is 914. The van der Waals surface area contributed by atoms with Crippen molar-refractivity contribution in [1.82, 2.24) is 10.3 Å². The van der Waals surface area contributed by atoms with Crippen molar-refractivity contribution in [2.75, 3.05) is 18.0 Å². The quantitative estimate of drug-likeness (QED) is 0.542. The first-order chi connectivity index (χ1) is 13.0. The minimum absolute atomic E-state index is 0. The highest BCUT2D eigenvalue weighted by molar-refractivity contribution is 5.94. The molecule has 0 saturated carbocycles. The number of fused-ring (bicyclic) bond motifs is 1. The highest BCUT2D eigenvalue weighted by atomic mass is 35.5. The molecule has 29 heavy (non-hydrogen) atoms. The van der Waals surface area contributed by atoms with Gasteiger partial charge in [-0.05, 0) is 45.7 Å². The van der Waals surface area contributed by atoms with Crippen LogP contribution < -0.4 is 10.2 Å². The monoisotopic (exact) mass is 431 g/mol. The van der Waals surface area contributed by atoms with Crippen LogP contribution >= 0.6 is 24.8 Å². The molecular weight excluding hydrogens is 401 g/mol. The Morgan fingerprint density at radius 2 is 1.52 bits per heavy atom. The zero-order chi connectivity index (χ0) is 18.9. The second-order valence-corrected chi connectivity index (χ2v) is 8.57. The maximum Gasteiger partial charge on any atom is 0.0730 e. The molecule has 3 nitrogen and oxygen atoms in total. The van der Waals surface area contributed by atoms with Crippen molar-refractivity contribution in [1.29, 1.82) is 0 Å². The van der Waals surface area contributed by atoms with Gasteiger partial charge in [-0.3, -0.25) is 0 Å². The number of hydrogen-bond donors (Lipinski definition) is 1. The lowest BCUT2D eigenvalue weighted by atomic mass is 9.98. The van der Waals surface area contributed by atoms with Gasteiger partial charge in [0, 0.05) is 41.3 Å². The van der Waals surface area contributed by atoms with Gasteiger partial charge in [-0.2, -0.15) is 0 Å². The molecule has 1 fully saturated rings. The van der Waals surface area contributed by atoms with Gasteiger partial charge < -0.3 is 10.2 Å². The largest absolute Gasteiger partial charge is 0.371 e. The Morgan fingerprint density at radius 1 is 0.897 bits per heavy atom. The number of aromatic nitrogens is 1. The van der Waals surface area contributed by atoms with E-state index in [9.17, 15) is 0 Å². The highest BCUT2D eigenvalue weighted by Crippen LogP contribution is 2.32. The number of para-hydroxylation sites is 1. The molecular formula is C24H31Cl2N3. The van der Waals surface area contributed by atoms with Gasteiger partial charge in [0.2, 0.25) is 0 Å². The molecule has 0 radical (unpaired) electrons. The molecule has 2 heterocycles. The van der Waals surface area contributed by atoms with Crippen molar-refractivity contribution in [3.63, 3.8) is 0 Å². The first-order valence-electron chi connectivity index (χ1n) is 9.97. The number of pyridine rings is 1. The highest BCUT2D eigenvalue weighted by Gasteiger charge is 2.24. The van der Waals surface area contributed by atoms with E-state index in [0.717, 1.165) is 24.3 Å². The van der Waals surface area contributed by atoms with Crippen molar-refractivity contribution in [2.45, 2.75) is 45.2 Å². The van der Waals surface area contributed by atoms with Gasteiger partial charge in [0.1, 0.15) is 0 Å². The van der Waals surface area contributed by atoms with Crippen LogP contribution in [0.3, 0.4) is 0 Å². The second-order valence-electron chi connectivity index (χ2n) is 8.57. The normalized spacial score (nSPS) is 14.9. The summed E-state index contributed by atoms with van der Waals surface area (Å²) in [6.07, 6.45) is 2.35. The third-order valence-electron chi connectivity index (χ3n) is 5.24. The minimum atomic E-state index is 0. The summed E-state index contributed by atoms with van der Waals surface area (Å²) < 4.78 is 0. The lowest BCUT2D eigenvalue weighted by Gasteiger charge is -2.37. The molecule has 0 atom stereocenters. The molecule has 1 aliphatic heterocycles. The Labute approximate surface area is 186 Å². The van der Waals surface area contributed by atoms with Crippen LogP contribution in [0.25, 0.3) is 22.2 Å². The van der Waals surface area contributed by atoms with Crippen molar-refractivity contribution in [3.8, 4) is 11.3 Å². The number of nitrogens with zero attached hydrogens (tertiary/aromatic N) is 2. The molecule has 1 N–H and O–H groups in total. The van der Waals surface area contributed by atoms with Gasteiger partial charge in [-0.1, -0.05) is 48.5 Å². The van der Waals surface area contributed by atoms with E-state index >= 15 is 0 Å². The van der Waals surface area contributed by atoms with Gasteiger partial charge in [0.15, 0.2) is 0 Å². The van der Waals surface area contributed by atoms with Gasteiger partial charge >= 0.3 is 0 Å². The molecule has 2 aromatic carbocycles. The predicted molar refractivity (Wildman–Crippen MR) is 130 cm³/mol. The van der Waals surface area contributed by atoms with Crippen LogP contribution in [-0.2, 0) is 0 Å². The van der Waals surface area contributed by atoms with Crippen molar-refractivity contribution in [2.24, 2.45) is 0 Å². The topological polar surface area (TPSA) is 28.2 Å². The summed E-state index contributed by atoms with van der Waals surface area (Å²) >= 11 is 0. The maximum absolute atomic E-state index is 4.93. The van der Waals surface area contributed by atoms with Gasteiger partial charge in [-0.15, -0.1) is 24.8 Å². The van der Waals surface area contributed by atoms with E-state index in [2.05, 4.69) is 91.7 Å². The molecule has 0 unspecified atom stereocenters. The van der Waals surface area contributed by atoms with Crippen LogP contribution in [0.2, 0.25) is 0 Å². The number of hydrogen-bond acceptors (Lipinski definition) is 3. The zero-order valence-corrected chi connectivity index (χ0v) is 19.0. The fourth-order valence-electron chi connectivity index (χ4n) is 4.05. The smallest absolute Gasteiger partial charge is 0.0730 e. The van der Waals surface area contributed by atoms with Crippen LogP contribution in [0.1, 0.15) is 33.6 Å². The lowest BCUT2D eigenvalue weighted by molar-refractivity contribution is 0.317. The summed E-state index contributed by atoms with van der Waals surface area (Å²) in [6.45, 7) is 8.91. The molecule has 3 aromatic rings. The fourth-order valence-corrected chi connectivity index (χ4v) is 4.05. The molecule has 1 saturated heterocycles. The first-order valence-corrected chi connectivity index (χ1v) is 9.97. The van der Waals surface area contributed by atoms with Crippen LogP contribution in [0.5, 0.6) is 0 Å². The van der Waals surface area contributed by atoms with Crippen LogP contribution in [0, 0.1) is 0 Å². The van der Waals surface area contributed by atoms with E-state index in [1.807, 2.05) is 0 Å². The number of benzene rings is 2. The molecule has 0 amide bonds. The molecule has 0 spiro atoms. The summed E-state index contributed by atoms with van der Waals surface area (Å²) in [7, 11) is 0. The van der Waals surface area contributed by atoms with Crippen molar-refractivity contribution < 1.29 is 0 Å². The minimum Gasteiger partial charge on any atom is -0.371 e. The molecule has 5 heteroatoms. The lowest BCUT2D eigenvalue weighted by Crippen LogP contribution is -2.49. The van der Waals surface area contributed by atoms with Crippen molar-refractivity contribution in [3.05, 3.63) is 60.7 Å². The number of anilines is 1. The zero-order valence-electron chi connectivity index (χ0n) is 17.4. The summed E-state index contributed by atoms with van der Waals surface area (Å²) in [5.74, 6) is 0. The standard InChI is InChI=1S/C24H29N3.2ClH/c1-24(2,3)26-19-13-15-27(16-14-19)23-17-22(18-9-5-4-6-10-18)25-21-12-8-7-11-20(21)23;;/h4-12,17,19,26H,13-16H2,1-3H3;2*1H. The molecule has 0 aliphatic carbocycles. The average Bonchev–Trinajstić information content (AvgIpc) is 2.67. The Kier molecular flexibility index (Phi) is 7.93. The Morgan fingerprint density at radius 3 is 2.17 bits per heavy atom. The Hall–Kier alpha value is -1.81. The summed E-state index contributed by atoms with van der Waals surface area (Å²) in [5.41, 5.74) is 4.79. The maximum atomic E-state index is 4.93. The van der Waals surface area contributed by atoms with Gasteiger partial charge in [-0.25, -0.2) is 4.98 Å². The number of halogens is 2. The van der Waals surface area contributed by atoms with E-state index < -0.39 is 0 Å². The van der Waals surface area contributed by atoms with Crippen molar-refractivity contribution >= 4 is 41.4 Å². The van der Waals surface area contributed by atoms with Crippen LogP contribution in [0.4, 0.5) is 5.69 Å². The van der Waals surface area contributed by atoms with Crippen LogP contribution in [-0.4, -0.2) is 29.7 Å². The van der Waals surface area contributed by atoms with E-state index in [1.54, 1.807) is 0 Å². The van der Waals surface area contributed by atoms with E-state index in [4.69, 9.17) is 4.98 Å². The Balaban J connectivity index is 0.00000150. The fraction of sp³-hybridized carbons (Fsp3) is 0.375. The van der Waals surface area contributed by atoms with E-state index in [-0.39, 0.29) is 30.4 Å². The number of piperidine rings is 1. The summed E-state index contributed by atoms with van der Waals surface area (Å²) in [6, 6.07) is 21.9. The summed E-state index contributed by atoms with van der Waals surface area (Å²) in [5, 5.41) is 5.01. The average molecular weight is 432 g/mol. The van der Waals surface area contributed by atoms with E-state index in [1.165, 1.54) is 29.5 Å². The predicted octanol–water partition coefficient (Wildman–Crippen LogP) is 6.10. The molecule has 156 valence electrons. The first kappa shape index (κ1) is 23.5. The molecule has 1 aromatic heterocycles. The second kappa shape index (κ2) is 9.80. The number of nitrogens with one attached hydrogen (secondary N) is 1. The number of rotatable bonds is 3. The molecule has 4 rings (SSSR count). The van der Waals surface area contributed by atoms with Crippen LogP contribution in [0.15, 0.2) is 60.7 Å². The van der Waals surface area contributed by atoms with Gasteiger partial charge in [0.25, 0.3) is 0 Å².